The van der Waals surface area contributed by atoms with Crippen molar-refractivity contribution in [1.29, 1.82) is 0 Å². The zero-order valence-corrected chi connectivity index (χ0v) is 11.8. The van der Waals surface area contributed by atoms with Crippen LogP contribution in [0.4, 0.5) is 0 Å². The first-order chi connectivity index (χ1) is 7.97. The molecule has 0 aliphatic carbocycles. The Bertz CT molecular complexity index is 247. The van der Waals surface area contributed by atoms with E-state index in [0.717, 1.165) is 0 Å². The van der Waals surface area contributed by atoms with E-state index in [1.165, 1.54) is 0 Å². The normalized spacial score (nSPS) is 12.1. The quantitative estimate of drug-likeness (QED) is 0.453. The van der Waals surface area contributed by atoms with Gasteiger partial charge >= 0.3 is 0 Å². The predicted molar refractivity (Wildman–Crippen MR) is 72.9 cm³/mol. The number of ether oxygens (including phenoxy) is 1. The third-order valence-corrected chi connectivity index (χ3v) is 2.28. The summed E-state index contributed by atoms with van der Waals surface area (Å²) in [6.45, 7) is 7.76. The number of hydrogen-bond donors (Lipinski definition) is 3. The maximum atomic E-state index is 11.6. The molecular weight excluding hydrogens is 238 g/mol. The van der Waals surface area contributed by atoms with Gasteiger partial charge in [0.15, 0.2) is 5.11 Å². The number of carbonyl (C=O) groups is 1. The average molecular weight is 261 g/mol. The average Bonchev–Trinajstić information content (AvgIpc) is 2.26. The van der Waals surface area contributed by atoms with Crippen LogP contribution in [-0.4, -0.2) is 43.9 Å². The number of methoxy groups -OCH3 is 1. The summed E-state index contributed by atoms with van der Waals surface area (Å²) in [6, 6.07) is -0.337. The minimum atomic E-state index is -0.337. The largest absolute Gasteiger partial charge is 0.383 e. The maximum absolute atomic E-state index is 11.6. The topological polar surface area (TPSA) is 62.4 Å². The van der Waals surface area contributed by atoms with Crippen LogP contribution in [0.3, 0.4) is 0 Å². The van der Waals surface area contributed by atoms with E-state index in [1.54, 1.807) is 14.0 Å². The van der Waals surface area contributed by atoms with Gasteiger partial charge in [0, 0.05) is 20.2 Å². The molecule has 0 radical (unpaired) electrons. The van der Waals surface area contributed by atoms with Crippen molar-refractivity contribution in [2.24, 2.45) is 5.92 Å². The molecular formula is C11H23N3O2S. The van der Waals surface area contributed by atoms with Crippen molar-refractivity contribution in [2.45, 2.75) is 26.8 Å². The zero-order valence-electron chi connectivity index (χ0n) is 11.0. The number of hydrogen-bond acceptors (Lipinski definition) is 3. The maximum Gasteiger partial charge on any atom is 0.242 e. The highest BCUT2D eigenvalue weighted by molar-refractivity contribution is 7.80. The Morgan fingerprint density at radius 3 is 2.47 bits per heavy atom. The smallest absolute Gasteiger partial charge is 0.242 e. The van der Waals surface area contributed by atoms with E-state index in [0.29, 0.717) is 30.7 Å². The van der Waals surface area contributed by atoms with Gasteiger partial charge in [-0.05, 0) is 25.1 Å². The Morgan fingerprint density at radius 2 is 1.94 bits per heavy atom. The van der Waals surface area contributed by atoms with Gasteiger partial charge in [-0.25, -0.2) is 0 Å². The molecule has 1 atom stereocenters. The summed E-state index contributed by atoms with van der Waals surface area (Å²) >= 11 is 5.04. The first kappa shape index (κ1) is 16.1. The molecule has 1 unspecified atom stereocenters. The van der Waals surface area contributed by atoms with Gasteiger partial charge in [0.25, 0.3) is 0 Å². The lowest BCUT2D eigenvalue weighted by Crippen LogP contribution is -2.49. The Labute approximate surface area is 109 Å². The highest BCUT2D eigenvalue weighted by Gasteiger charge is 2.13. The van der Waals surface area contributed by atoms with Crippen molar-refractivity contribution >= 4 is 23.2 Å². The van der Waals surface area contributed by atoms with Crippen molar-refractivity contribution < 1.29 is 9.53 Å². The summed E-state index contributed by atoms with van der Waals surface area (Å²) in [6.07, 6.45) is 0. The van der Waals surface area contributed by atoms with E-state index in [9.17, 15) is 4.79 Å². The van der Waals surface area contributed by atoms with Crippen LogP contribution in [0.25, 0.3) is 0 Å². The molecule has 5 nitrogen and oxygen atoms in total. The highest BCUT2D eigenvalue weighted by Crippen LogP contribution is 1.89. The second-order valence-electron chi connectivity index (χ2n) is 4.25. The second kappa shape index (κ2) is 9.18. The molecule has 0 aromatic rings. The van der Waals surface area contributed by atoms with Gasteiger partial charge in [0.2, 0.25) is 5.91 Å². The molecule has 3 N–H and O–H groups in total. The first-order valence-electron chi connectivity index (χ1n) is 5.78. The summed E-state index contributed by atoms with van der Waals surface area (Å²) in [4.78, 5) is 11.6. The number of carbonyl (C=O) groups excluding carboxylic acids is 1. The van der Waals surface area contributed by atoms with Crippen LogP contribution in [0.15, 0.2) is 0 Å². The zero-order chi connectivity index (χ0) is 13.3. The molecule has 0 fully saturated rings. The Balaban J connectivity index is 3.78. The van der Waals surface area contributed by atoms with Crippen molar-refractivity contribution in [2.75, 3.05) is 26.8 Å². The van der Waals surface area contributed by atoms with Crippen molar-refractivity contribution in [3.05, 3.63) is 0 Å². The van der Waals surface area contributed by atoms with Crippen molar-refractivity contribution in [1.82, 2.24) is 16.0 Å². The molecule has 0 spiro atoms. The van der Waals surface area contributed by atoms with E-state index in [2.05, 4.69) is 29.8 Å². The molecule has 100 valence electrons. The summed E-state index contributed by atoms with van der Waals surface area (Å²) in [5, 5.41) is 9.17. The van der Waals surface area contributed by atoms with E-state index >= 15 is 0 Å². The minimum absolute atomic E-state index is 0.0467. The number of thiocarbonyl (C=S) groups is 1. The van der Waals surface area contributed by atoms with Gasteiger partial charge < -0.3 is 20.7 Å². The number of amides is 1. The van der Waals surface area contributed by atoms with Crippen molar-refractivity contribution in [3.63, 3.8) is 0 Å². The summed E-state index contributed by atoms with van der Waals surface area (Å²) < 4.78 is 4.88. The molecule has 0 heterocycles. The third-order valence-electron chi connectivity index (χ3n) is 2.02. The van der Waals surface area contributed by atoms with Gasteiger partial charge in [-0.1, -0.05) is 13.8 Å². The molecule has 0 aromatic carbocycles. The summed E-state index contributed by atoms with van der Waals surface area (Å²) in [5.41, 5.74) is 0. The van der Waals surface area contributed by atoms with Crippen molar-refractivity contribution in [3.8, 4) is 0 Å². The van der Waals surface area contributed by atoms with Crippen LogP contribution in [-0.2, 0) is 9.53 Å². The molecule has 0 aliphatic heterocycles. The Morgan fingerprint density at radius 1 is 1.29 bits per heavy atom. The van der Waals surface area contributed by atoms with Gasteiger partial charge in [0.05, 0.1) is 6.61 Å². The fraction of sp³-hybridized carbons (Fsp3) is 0.818. The predicted octanol–water partition coefficient (Wildman–Crippen LogP) is 0.258. The number of nitrogens with one attached hydrogen (secondary N) is 3. The molecule has 1 amide bonds. The third kappa shape index (κ3) is 8.88. The molecule has 6 heteroatoms. The van der Waals surface area contributed by atoms with E-state index < -0.39 is 0 Å². The van der Waals surface area contributed by atoms with E-state index in [1.807, 2.05) is 0 Å². The Hall–Kier alpha value is -0.880. The van der Waals surface area contributed by atoms with Crippen LogP contribution in [0.2, 0.25) is 0 Å². The second-order valence-corrected chi connectivity index (χ2v) is 4.66. The minimum Gasteiger partial charge on any atom is -0.383 e. The molecule has 17 heavy (non-hydrogen) atoms. The molecule has 0 rings (SSSR count). The van der Waals surface area contributed by atoms with Crippen LogP contribution >= 0.6 is 12.2 Å². The fourth-order valence-electron chi connectivity index (χ4n) is 1.04. The standard InChI is InChI=1S/C11H23N3O2S/c1-8(2)7-13-10(15)9(3)14-11(17)12-5-6-16-4/h8-9H,5-7H2,1-4H3,(H,13,15)(H2,12,14,17). The summed E-state index contributed by atoms with van der Waals surface area (Å²) in [7, 11) is 1.63. The van der Waals surface area contributed by atoms with Gasteiger partial charge in [-0.2, -0.15) is 0 Å². The van der Waals surface area contributed by atoms with Crippen LogP contribution < -0.4 is 16.0 Å². The van der Waals surface area contributed by atoms with Crippen LogP contribution in [0, 0.1) is 5.92 Å². The van der Waals surface area contributed by atoms with E-state index in [-0.39, 0.29) is 11.9 Å². The highest BCUT2D eigenvalue weighted by atomic mass is 32.1. The number of rotatable bonds is 7. The molecule has 0 saturated heterocycles. The molecule has 0 aromatic heterocycles. The lowest BCUT2D eigenvalue weighted by atomic mass is 10.2. The Kier molecular flexibility index (Phi) is 8.71. The van der Waals surface area contributed by atoms with Crippen LogP contribution in [0.1, 0.15) is 20.8 Å². The molecule has 0 aliphatic rings. The monoisotopic (exact) mass is 261 g/mol. The lowest BCUT2D eigenvalue weighted by Gasteiger charge is -2.17. The van der Waals surface area contributed by atoms with Crippen LogP contribution in [0.5, 0.6) is 0 Å². The van der Waals surface area contributed by atoms with Gasteiger partial charge in [-0.3, -0.25) is 4.79 Å². The lowest BCUT2D eigenvalue weighted by molar-refractivity contribution is -0.122. The van der Waals surface area contributed by atoms with Gasteiger partial charge in [-0.15, -0.1) is 0 Å². The molecule has 0 saturated carbocycles. The summed E-state index contributed by atoms with van der Waals surface area (Å²) in [5.74, 6) is 0.396. The van der Waals surface area contributed by atoms with E-state index in [4.69, 9.17) is 17.0 Å². The van der Waals surface area contributed by atoms with Gasteiger partial charge in [0.1, 0.15) is 6.04 Å². The SMILES string of the molecule is COCCNC(=S)NC(C)C(=O)NCC(C)C. The molecule has 0 bridgehead atoms. The fourth-order valence-corrected chi connectivity index (χ4v) is 1.32. The first-order valence-corrected chi connectivity index (χ1v) is 6.19.